The smallest absolute Gasteiger partial charge is 0.269 e. The molecule has 5 aromatic rings. The Labute approximate surface area is 194 Å². The molecule has 164 valence electrons. The fourth-order valence-corrected chi connectivity index (χ4v) is 4.66. The molecule has 1 aliphatic heterocycles. The third-order valence-electron chi connectivity index (χ3n) is 6.18. The Morgan fingerprint density at radius 1 is 0.912 bits per heavy atom. The number of nitrogens with one attached hydrogen (secondary N) is 1. The van der Waals surface area contributed by atoms with Crippen molar-refractivity contribution >= 4 is 16.5 Å². The van der Waals surface area contributed by atoms with Gasteiger partial charge in [0.25, 0.3) is 5.69 Å². The zero-order valence-electron chi connectivity index (χ0n) is 17.9. The first-order valence-corrected chi connectivity index (χ1v) is 10.8. The molecule has 6 rings (SSSR count). The van der Waals surface area contributed by atoms with Crippen LogP contribution >= 0.6 is 0 Å². The molecule has 1 unspecified atom stereocenters. The van der Waals surface area contributed by atoms with Crippen molar-refractivity contribution in [1.82, 2.24) is 9.55 Å². The Morgan fingerprint density at radius 3 is 2.53 bits per heavy atom. The van der Waals surface area contributed by atoms with Crippen LogP contribution in [0.3, 0.4) is 0 Å². The van der Waals surface area contributed by atoms with Crippen LogP contribution in [0.5, 0.6) is 11.6 Å². The fraction of sp³-hybridized carbons (Fsp3) is 0.0370. The quantitative estimate of drug-likeness (QED) is 0.279. The van der Waals surface area contributed by atoms with Crippen molar-refractivity contribution in [1.29, 1.82) is 5.41 Å². The summed E-state index contributed by atoms with van der Waals surface area (Å²) in [5, 5.41) is 22.7. The SMILES string of the molecule is N=c1c2c(ncn1-c1ccccc1)Oc1ccc3ccccc3c1C2c1cccc([N+](=O)[O-])c1. The number of hydrogen-bond acceptors (Lipinski definition) is 5. The molecular formula is C27H18N4O3. The van der Waals surface area contributed by atoms with Crippen LogP contribution in [0.2, 0.25) is 0 Å². The number of ether oxygens (including phenoxy) is 1. The number of nitrogens with zero attached hydrogens (tertiary/aromatic N) is 3. The summed E-state index contributed by atoms with van der Waals surface area (Å²) in [6, 6.07) is 27.9. The highest BCUT2D eigenvalue weighted by molar-refractivity contribution is 5.90. The van der Waals surface area contributed by atoms with Gasteiger partial charge in [-0.15, -0.1) is 0 Å². The third-order valence-corrected chi connectivity index (χ3v) is 6.18. The molecule has 1 aromatic heterocycles. The zero-order valence-corrected chi connectivity index (χ0v) is 17.9. The van der Waals surface area contributed by atoms with Gasteiger partial charge in [-0.3, -0.25) is 20.1 Å². The van der Waals surface area contributed by atoms with Crippen molar-refractivity contribution in [2.45, 2.75) is 5.92 Å². The molecular weight excluding hydrogens is 428 g/mol. The number of hydrogen-bond donors (Lipinski definition) is 1. The van der Waals surface area contributed by atoms with Gasteiger partial charge in [0.05, 0.1) is 10.5 Å². The maximum absolute atomic E-state index is 11.6. The van der Waals surface area contributed by atoms with Crippen LogP contribution in [0.25, 0.3) is 16.5 Å². The molecule has 4 aromatic carbocycles. The summed E-state index contributed by atoms with van der Waals surface area (Å²) in [6.07, 6.45) is 1.58. The molecule has 0 radical (unpaired) electrons. The summed E-state index contributed by atoms with van der Waals surface area (Å²) in [4.78, 5) is 15.7. The van der Waals surface area contributed by atoms with Gasteiger partial charge in [-0.2, -0.15) is 0 Å². The van der Waals surface area contributed by atoms with Crippen LogP contribution in [-0.2, 0) is 0 Å². The minimum absolute atomic E-state index is 0.00122. The highest BCUT2D eigenvalue weighted by atomic mass is 16.6. The van der Waals surface area contributed by atoms with Crippen LogP contribution in [0.15, 0.2) is 97.3 Å². The predicted octanol–water partition coefficient (Wildman–Crippen LogP) is 5.70. The van der Waals surface area contributed by atoms with E-state index in [1.54, 1.807) is 23.0 Å². The Balaban J connectivity index is 1.69. The van der Waals surface area contributed by atoms with Crippen LogP contribution in [0.4, 0.5) is 5.69 Å². The summed E-state index contributed by atoms with van der Waals surface area (Å²) in [5.74, 6) is 0.490. The number of nitro groups is 1. The third kappa shape index (κ3) is 3.06. The molecule has 1 N–H and O–H groups in total. The average molecular weight is 446 g/mol. The van der Waals surface area contributed by atoms with Gasteiger partial charge in [0, 0.05) is 29.3 Å². The highest BCUT2D eigenvalue weighted by Crippen LogP contribution is 2.48. The second kappa shape index (κ2) is 7.67. The largest absolute Gasteiger partial charge is 0.438 e. The first kappa shape index (κ1) is 19.9. The lowest BCUT2D eigenvalue weighted by Gasteiger charge is -2.29. The molecule has 0 amide bonds. The van der Waals surface area contributed by atoms with Gasteiger partial charge in [-0.1, -0.05) is 60.7 Å². The van der Waals surface area contributed by atoms with Crippen molar-refractivity contribution in [2.24, 2.45) is 0 Å². The first-order chi connectivity index (χ1) is 16.6. The molecule has 0 fully saturated rings. The minimum atomic E-state index is -0.471. The van der Waals surface area contributed by atoms with Crippen molar-refractivity contribution < 1.29 is 9.66 Å². The molecule has 0 saturated carbocycles. The van der Waals surface area contributed by atoms with Crippen LogP contribution in [0.1, 0.15) is 22.6 Å². The monoisotopic (exact) mass is 446 g/mol. The van der Waals surface area contributed by atoms with E-state index in [-0.39, 0.29) is 11.2 Å². The van der Waals surface area contributed by atoms with E-state index < -0.39 is 10.8 Å². The summed E-state index contributed by atoms with van der Waals surface area (Å²) >= 11 is 0. The lowest BCUT2D eigenvalue weighted by atomic mass is 9.81. The van der Waals surface area contributed by atoms with Crippen molar-refractivity contribution in [3.8, 4) is 17.3 Å². The predicted molar refractivity (Wildman–Crippen MR) is 127 cm³/mol. The van der Waals surface area contributed by atoms with E-state index in [0.717, 1.165) is 22.0 Å². The van der Waals surface area contributed by atoms with E-state index in [2.05, 4.69) is 4.98 Å². The molecule has 2 heterocycles. The van der Waals surface area contributed by atoms with Gasteiger partial charge in [-0.25, -0.2) is 4.98 Å². The molecule has 7 heteroatoms. The molecule has 0 spiro atoms. The molecule has 34 heavy (non-hydrogen) atoms. The van der Waals surface area contributed by atoms with Crippen LogP contribution in [0, 0.1) is 15.5 Å². The van der Waals surface area contributed by atoms with E-state index in [1.165, 1.54) is 6.07 Å². The Bertz CT molecular complexity index is 1640. The number of nitro benzene ring substituents is 1. The molecule has 0 saturated heterocycles. The summed E-state index contributed by atoms with van der Waals surface area (Å²) in [7, 11) is 0. The van der Waals surface area contributed by atoms with Gasteiger partial charge in [-0.05, 0) is 34.5 Å². The standard InChI is InChI=1S/C27H18N4O3/c28-26-25-23(18-8-6-11-20(15-18)31(32)33)24-21-12-5-4-7-17(21)13-14-22(24)34-27(25)29-16-30(26)19-9-2-1-3-10-19/h1-16,23,28H. The number of para-hydroxylation sites is 1. The van der Waals surface area contributed by atoms with Crippen LogP contribution in [-0.4, -0.2) is 14.5 Å². The fourth-order valence-electron chi connectivity index (χ4n) is 4.66. The van der Waals surface area contributed by atoms with Gasteiger partial charge in [0.15, 0.2) is 0 Å². The van der Waals surface area contributed by atoms with Gasteiger partial charge in [0.1, 0.15) is 17.6 Å². The van der Waals surface area contributed by atoms with Crippen LogP contribution < -0.4 is 10.2 Å². The Kier molecular flexibility index (Phi) is 4.48. The van der Waals surface area contributed by atoms with E-state index in [0.29, 0.717) is 22.8 Å². The molecule has 1 aliphatic rings. The van der Waals surface area contributed by atoms with E-state index in [4.69, 9.17) is 10.1 Å². The zero-order chi connectivity index (χ0) is 23.2. The maximum atomic E-state index is 11.6. The second-order valence-corrected chi connectivity index (χ2v) is 8.10. The number of non-ortho nitro benzene ring substituents is 1. The normalized spacial score (nSPS) is 14.2. The molecule has 7 nitrogen and oxygen atoms in total. The van der Waals surface area contributed by atoms with Gasteiger partial charge < -0.3 is 4.74 Å². The van der Waals surface area contributed by atoms with Gasteiger partial charge >= 0.3 is 0 Å². The summed E-state index contributed by atoms with van der Waals surface area (Å²) in [5.41, 5.74) is 3.15. The van der Waals surface area contributed by atoms with E-state index in [1.807, 2.05) is 72.8 Å². The number of aromatic nitrogens is 2. The minimum Gasteiger partial charge on any atom is -0.438 e. The molecule has 1 atom stereocenters. The van der Waals surface area contributed by atoms with E-state index >= 15 is 0 Å². The number of fused-ring (bicyclic) bond motifs is 4. The van der Waals surface area contributed by atoms with Crippen molar-refractivity contribution in [3.05, 3.63) is 130 Å². The second-order valence-electron chi connectivity index (χ2n) is 8.10. The Morgan fingerprint density at radius 2 is 1.71 bits per heavy atom. The lowest BCUT2D eigenvalue weighted by molar-refractivity contribution is -0.384. The summed E-state index contributed by atoms with van der Waals surface area (Å²) < 4.78 is 7.91. The summed E-state index contributed by atoms with van der Waals surface area (Å²) in [6.45, 7) is 0. The van der Waals surface area contributed by atoms with Crippen molar-refractivity contribution in [3.63, 3.8) is 0 Å². The van der Waals surface area contributed by atoms with Crippen molar-refractivity contribution in [2.75, 3.05) is 0 Å². The molecule has 0 aliphatic carbocycles. The lowest BCUT2D eigenvalue weighted by Crippen LogP contribution is -2.29. The molecule has 0 bridgehead atoms. The van der Waals surface area contributed by atoms with E-state index in [9.17, 15) is 10.1 Å². The highest BCUT2D eigenvalue weighted by Gasteiger charge is 2.34. The maximum Gasteiger partial charge on any atom is 0.269 e. The van der Waals surface area contributed by atoms with Gasteiger partial charge in [0.2, 0.25) is 5.88 Å². The first-order valence-electron chi connectivity index (χ1n) is 10.8. The average Bonchev–Trinajstić information content (AvgIpc) is 2.88. The Hall–Kier alpha value is -4.78. The number of rotatable bonds is 3. The topological polar surface area (TPSA) is 94.0 Å². The number of benzene rings is 4.